The lowest BCUT2D eigenvalue weighted by molar-refractivity contribution is -0.146. The number of aryl methyl sites for hydroxylation is 1. The van der Waals surface area contributed by atoms with Gasteiger partial charge < -0.3 is 31.6 Å². The van der Waals surface area contributed by atoms with Gasteiger partial charge in [-0.25, -0.2) is 4.79 Å². The number of ether oxygens (including phenoxy) is 2. The number of hydrogen-bond acceptors (Lipinski definition) is 11. The van der Waals surface area contributed by atoms with Crippen LogP contribution < -0.4 is 22.1 Å². The highest BCUT2D eigenvalue weighted by Gasteiger charge is 2.27. The Morgan fingerprint density at radius 2 is 1.97 bits per heavy atom. The van der Waals surface area contributed by atoms with E-state index in [9.17, 15) is 14.4 Å². The van der Waals surface area contributed by atoms with Gasteiger partial charge >= 0.3 is 11.9 Å². The first-order chi connectivity index (χ1) is 16.8. The lowest BCUT2D eigenvalue weighted by atomic mass is 9.96. The highest BCUT2D eigenvalue weighted by atomic mass is 32.1. The summed E-state index contributed by atoms with van der Waals surface area (Å²) in [7, 11) is 0. The molecule has 0 fully saturated rings. The molecule has 0 aliphatic carbocycles. The number of nitrogen functional groups attached to an aromatic ring is 2. The van der Waals surface area contributed by atoms with Gasteiger partial charge in [0.2, 0.25) is 5.95 Å². The molecule has 0 spiro atoms. The molecule has 1 amide bonds. The fourth-order valence-corrected chi connectivity index (χ4v) is 4.94. The minimum atomic E-state index is -0.922. The van der Waals surface area contributed by atoms with Crippen molar-refractivity contribution in [2.45, 2.75) is 57.9 Å². The van der Waals surface area contributed by atoms with Crippen LogP contribution in [-0.4, -0.2) is 53.6 Å². The highest BCUT2D eigenvalue weighted by Crippen LogP contribution is 2.37. The predicted molar refractivity (Wildman–Crippen MR) is 133 cm³/mol. The molecular weight excluding hydrogens is 472 g/mol. The lowest BCUT2D eigenvalue weighted by Gasteiger charge is -2.16. The summed E-state index contributed by atoms with van der Waals surface area (Å²) in [5, 5.41) is 5.93. The van der Waals surface area contributed by atoms with Gasteiger partial charge in [0.15, 0.2) is 0 Å². The van der Waals surface area contributed by atoms with Crippen LogP contribution in [0.25, 0.3) is 0 Å². The Morgan fingerprint density at radius 1 is 1.20 bits per heavy atom. The van der Waals surface area contributed by atoms with Crippen molar-refractivity contribution in [1.29, 1.82) is 0 Å². The van der Waals surface area contributed by atoms with Crippen molar-refractivity contribution in [2.24, 2.45) is 0 Å². The summed E-state index contributed by atoms with van der Waals surface area (Å²) < 4.78 is 9.95. The third kappa shape index (κ3) is 7.04. The van der Waals surface area contributed by atoms with Gasteiger partial charge in [0.1, 0.15) is 17.7 Å². The smallest absolute Gasteiger partial charge is 0.328 e. The topological polar surface area (TPSA) is 172 Å². The van der Waals surface area contributed by atoms with E-state index in [1.165, 1.54) is 11.3 Å². The summed E-state index contributed by atoms with van der Waals surface area (Å²) in [4.78, 5) is 46.5. The van der Waals surface area contributed by atoms with E-state index in [0.717, 1.165) is 36.2 Å². The van der Waals surface area contributed by atoms with E-state index in [1.807, 2.05) is 6.07 Å². The molecule has 3 rings (SSSR count). The van der Waals surface area contributed by atoms with Gasteiger partial charge in [-0.1, -0.05) is 0 Å². The molecule has 0 saturated heterocycles. The molecule has 3 heterocycles. The van der Waals surface area contributed by atoms with Gasteiger partial charge in [-0.15, -0.1) is 11.3 Å². The largest absolute Gasteiger partial charge is 0.466 e. The minimum absolute atomic E-state index is 0.00852. The van der Waals surface area contributed by atoms with E-state index in [1.54, 1.807) is 19.9 Å². The Hall–Kier alpha value is -3.41. The summed E-state index contributed by atoms with van der Waals surface area (Å²) in [5.41, 5.74) is 12.6. The van der Waals surface area contributed by atoms with Crippen LogP contribution in [0.2, 0.25) is 0 Å². The predicted octanol–water partition coefficient (Wildman–Crippen LogP) is 2.24. The van der Waals surface area contributed by atoms with Crippen LogP contribution in [0.3, 0.4) is 0 Å². The Morgan fingerprint density at radius 3 is 2.71 bits per heavy atom. The molecule has 1 unspecified atom stereocenters. The van der Waals surface area contributed by atoms with E-state index < -0.39 is 18.0 Å². The number of nitrogens with zero attached hydrogens (tertiary/aromatic N) is 2. The number of esters is 2. The van der Waals surface area contributed by atoms with Crippen molar-refractivity contribution in [3.05, 3.63) is 27.5 Å². The fourth-order valence-electron chi connectivity index (χ4n) is 3.98. The van der Waals surface area contributed by atoms with Crippen molar-refractivity contribution in [2.75, 3.05) is 36.5 Å². The highest BCUT2D eigenvalue weighted by molar-refractivity contribution is 7.14. The summed E-state index contributed by atoms with van der Waals surface area (Å²) in [6, 6.07) is 2.73. The minimum Gasteiger partial charge on any atom is -0.466 e. The first kappa shape index (κ1) is 26.2. The molecule has 35 heavy (non-hydrogen) atoms. The maximum Gasteiger partial charge on any atom is 0.328 e. The summed E-state index contributed by atoms with van der Waals surface area (Å²) in [5.74, 6) is 0.108. The number of hydrogen-bond donors (Lipinski definition) is 4. The van der Waals surface area contributed by atoms with E-state index in [0.29, 0.717) is 16.5 Å². The van der Waals surface area contributed by atoms with Gasteiger partial charge in [-0.2, -0.15) is 9.97 Å². The third-order valence-electron chi connectivity index (χ3n) is 5.60. The van der Waals surface area contributed by atoms with Crippen LogP contribution in [0.15, 0.2) is 12.1 Å². The van der Waals surface area contributed by atoms with Crippen molar-refractivity contribution in [3.8, 4) is 0 Å². The maximum absolute atomic E-state index is 12.8. The summed E-state index contributed by atoms with van der Waals surface area (Å²) in [6.07, 6.45) is 2.69. The Bertz CT molecular complexity index is 1060. The zero-order chi connectivity index (χ0) is 25.4. The van der Waals surface area contributed by atoms with Gasteiger partial charge in [0.05, 0.1) is 18.1 Å². The van der Waals surface area contributed by atoms with Crippen molar-refractivity contribution in [1.82, 2.24) is 15.3 Å². The molecule has 1 aliphatic rings. The number of nitrogens with one attached hydrogen (secondary N) is 2. The number of fused-ring (bicyclic) bond motifs is 1. The SMILES string of the molecule is CCOC(=O)CC[C@H](NC(=O)c1ccc(CCCC2CNc3nc(N)nc(N)c32)s1)C(=O)OCC. The van der Waals surface area contributed by atoms with Crippen molar-refractivity contribution in [3.63, 3.8) is 0 Å². The molecule has 190 valence electrons. The van der Waals surface area contributed by atoms with E-state index in [2.05, 4.69) is 20.6 Å². The number of rotatable bonds is 12. The molecule has 1 aliphatic heterocycles. The Balaban J connectivity index is 1.53. The zero-order valence-electron chi connectivity index (χ0n) is 20.0. The zero-order valence-corrected chi connectivity index (χ0v) is 20.8. The second-order valence-corrected chi connectivity index (χ2v) is 9.26. The molecule has 2 aromatic heterocycles. The Kier molecular flexibility index (Phi) is 9.24. The number of anilines is 3. The van der Waals surface area contributed by atoms with Gasteiger partial charge in [0.25, 0.3) is 5.91 Å². The third-order valence-corrected chi connectivity index (χ3v) is 6.74. The van der Waals surface area contributed by atoms with Crippen LogP contribution in [-0.2, 0) is 25.5 Å². The number of amides is 1. The number of carbonyl (C=O) groups is 3. The van der Waals surface area contributed by atoms with Gasteiger partial charge in [-0.05, 0) is 51.7 Å². The molecule has 0 bridgehead atoms. The van der Waals surface area contributed by atoms with Crippen LogP contribution in [0.4, 0.5) is 17.6 Å². The second-order valence-electron chi connectivity index (χ2n) is 8.09. The molecule has 0 saturated carbocycles. The molecule has 2 atom stereocenters. The molecule has 12 heteroatoms. The number of thiophene rings is 1. The van der Waals surface area contributed by atoms with Crippen molar-refractivity contribution >= 4 is 46.8 Å². The van der Waals surface area contributed by atoms with E-state index in [4.69, 9.17) is 20.9 Å². The first-order valence-electron chi connectivity index (χ1n) is 11.7. The lowest BCUT2D eigenvalue weighted by Crippen LogP contribution is -2.42. The second kappa shape index (κ2) is 12.3. The molecule has 11 nitrogen and oxygen atoms in total. The molecule has 2 aromatic rings. The molecule has 0 radical (unpaired) electrons. The number of nitrogens with two attached hydrogens (primary N) is 2. The quantitative estimate of drug-likeness (QED) is 0.314. The Labute approximate surface area is 208 Å². The fraction of sp³-hybridized carbons (Fsp3) is 0.522. The average Bonchev–Trinajstić information content (AvgIpc) is 3.44. The summed E-state index contributed by atoms with van der Waals surface area (Å²) >= 11 is 1.38. The van der Waals surface area contributed by atoms with Crippen molar-refractivity contribution < 1.29 is 23.9 Å². The average molecular weight is 505 g/mol. The normalized spacial score (nSPS) is 15.1. The molecule has 6 N–H and O–H groups in total. The standard InChI is InChI=1S/C23H32N6O5S/c1-3-33-17(30)11-9-15(22(32)34-4-2)27-21(31)16-10-8-14(35-16)7-5-6-13-12-26-20-18(13)19(24)28-23(25)29-20/h8,10,13,15H,3-7,9,11-12H2,1-2H3,(H,27,31)(H5,24,25,26,28,29)/t13?,15-/m0/s1. The molecular formula is C23H32N6O5S. The van der Waals surface area contributed by atoms with E-state index in [-0.39, 0.29) is 43.8 Å². The van der Waals surface area contributed by atoms with Crippen LogP contribution >= 0.6 is 11.3 Å². The van der Waals surface area contributed by atoms with Crippen LogP contribution in [0, 0.1) is 0 Å². The monoisotopic (exact) mass is 504 g/mol. The number of carbonyl (C=O) groups excluding carboxylic acids is 3. The van der Waals surface area contributed by atoms with Crippen LogP contribution in [0.5, 0.6) is 0 Å². The van der Waals surface area contributed by atoms with Gasteiger partial charge in [-0.3, -0.25) is 9.59 Å². The van der Waals surface area contributed by atoms with Crippen LogP contribution in [0.1, 0.15) is 65.6 Å². The van der Waals surface area contributed by atoms with Gasteiger partial charge in [0, 0.05) is 29.3 Å². The molecule has 0 aromatic carbocycles. The number of aromatic nitrogens is 2. The maximum atomic E-state index is 12.8. The van der Waals surface area contributed by atoms with E-state index >= 15 is 0 Å². The first-order valence-corrected chi connectivity index (χ1v) is 12.5. The summed E-state index contributed by atoms with van der Waals surface area (Å²) in [6.45, 7) is 4.56.